The van der Waals surface area contributed by atoms with E-state index in [4.69, 9.17) is 0 Å². The van der Waals surface area contributed by atoms with Crippen LogP contribution in [0.15, 0.2) is 212 Å². The fourth-order valence-electron chi connectivity index (χ4n) is 8.54. The summed E-state index contributed by atoms with van der Waals surface area (Å²) in [7, 11) is 0. The Bertz CT molecular complexity index is 3250. The molecule has 0 spiro atoms. The maximum atomic E-state index is 2.52. The van der Waals surface area contributed by atoms with Crippen molar-refractivity contribution in [1.82, 2.24) is 0 Å². The van der Waals surface area contributed by atoms with Gasteiger partial charge in [-0.05, 0) is 75.3 Å². The first-order valence-corrected chi connectivity index (χ1v) is 21.0. The highest BCUT2D eigenvalue weighted by Gasteiger charge is 2.25. The first kappa shape index (κ1) is 33.5. The van der Waals surface area contributed by atoms with Crippen LogP contribution in [-0.4, -0.2) is 0 Å². The molecule has 0 aliphatic heterocycles. The average molecular weight is 762 g/mol. The summed E-state index contributed by atoms with van der Waals surface area (Å²) in [6.45, 7) is 0. The van der Waals surface area contributed by atoms with Crippen molar-refractivity contribution in [2.75, 3.05) is 4.90 Å². The van der Waals surface area contributed by atoms with E-state index in [1.807, 2.05) is 22.7 Å². The summed E-state index contributed by atoms with van der Waals surface area (Å²) in [6, 6.07) is 77.7. The molecule has 0 aliphatic carbocycles. The molecule has 1 nitrogen and oxygen atoms in total. The van der Waals surface area contributed by atoms with Crippen LogP contribution in [-0.2, 0) is 0 Å². The number of rotatable bonds is 7. The van der Waals surface area contributed by atoms with Gasteiger partial charge in [0.1, 0.15) is 0 Å². The van der Waals surface area contributed by atoms with E-state index in [2.05, 4.69) is 217 Å². The first-order chi connectivity index (χ1) is 28.3. The maximum absolute atomic E-state index is 2.52. The van der Waals surface area contributed by atoms with E-state index in [-0.39, 0.29) is 0 Å². The lowest BCUT2D eigenvalue weighted by molar-refractivity contribution is 1.30. The van der Waals surface area contributed by atoms with Crippen LogP contribution in [0.4, 0.5) is 17.1 Å². The third-order valence-corrected chi connectivity index (χ3v) is 13.5. The zero-order chi connectivity index (χ0) is 37.7. The first-order valence-electron chi connectivity index (χ1n) is 19.3. The molecule has 0 aliphatic rings. The lowest BCUT2D eigenvalue weighted by Crippen LogP contribution is -2.12. The molecule has 11 rings (SSSR count). The smallest absolute Gasteiger partial charge is 0.0640 e. The molecule has 9 aromatic carbocycles. The standard InChI is InChI=1S/C54H35NS2/c1-3-17-36(18-4-1)40-23-7-8-26-45(40)52-41(37-19-5-2-6-20-37)27-15-31-48(52)55(49-32-16-30-47-44-25-10-12-34-51(44)57-54(47)49)39-22-13-21-38(35-39)42-28-14-29-46-43-24-9-11-33-50(43)56-53(42)46/h1-35H. The lowest BCUT2D eigenvalue weighted by Gasteiger charge is -2.30. The van der Waals surface area contributed by atoms with Crippen molar-refractivity contribution in [2.24, 2.45) is 0 Å². The van der Waals surface area contributed by atoms with Gasteiger partial charge in [-0.1, -0.05) is 176 Å². The molecular formula is C54H35NS2. The van der Waals surface area contributed by atoms with E-state index in [0.717, 1.165) is 17.1 Å². The molecular weight excluding hydrogens is 727 g/mol. The van der Waals surface area contributed by atoms with Crippen LogP contribution in [0.2, 0.25) is 0 Å². The minimum absolute atomic E-state index is 1.11. The summed E-state index contributed by atoms with van der Waals surface area (Å²) in [4.78, 5) is 2.52. The fraction of sp³-hybridized carbons (Fsp3) is 0. The van der Waals surface area contributed by atoms with Gasteiger partial charge in [-0.3, -0.25) is 0 Å². The predicted octanol–water partition coefficient (Wildman–Crippen LogP) is 16.6. The van der Waals surface area contributed by atoms with Crippen LogP contribution < -0.4 is 4.90 Å². The van der Waals surface area contributed by atoms with Gasteiger partial charge in [-0.25, -0.2) is 0 Å². The van der Waals surface area contributed by atoms with Crippen LogP contribution in [0, 0.1) is 0 Å². The number of hydrogen-bond donors (Lipinski definition) is 0. The molecule has 0 radical (unpaired) electrons. The molecule has 0 saturated heterocycles. The van der Waals surface area contributed by atoms with Crippen LogP contribution in [0.25, 0.3) is 84.9 Å². The lowest BCUT2D eigenvalue weighted by atomic mass is 9.87. The molecule has 0 bridgehead atoms. The molecule has 11 aromatic rings. The predicted molar refractivity (Wildman–Crippen MR) is 249 cm³/mol. The highest BCUT2D eigenvalue weighted by molar-refractivity contribution is 7.26. The minimum atomic E-state index is 1.11. The number of benzene rings is 9. The summed E-state index contributed by atoms with van der Waals surface area (Å²) >= 11 is 3.75. The molecule has 2 heterocycles. The van der Waals surface area contributed by atoms with E-state index in [9.17, 15) is 0 Å². The third-order valence-electron chi connectivity index (χ3n) is 11.1. The Morgan fingerprint density at radius 1 is 0.298 bits per heavy atom. The van der Waals surface area contributed by atoms with Gasteiger partial charge in [0.25, 0.3) is 0 Å². The monoisotopic (exact) mass is 761 g/mol. The minimum Gasteiger partial charge on any atom is -0.308 e. The van der Waals surface area contributed by atoms with Crippen molar-refractivity contribution in [2.45, 2.75) is 0 Å². The Morgan fingerprint density at radius 3 is 1.51 bits per heavy atom. The molecule has 57 heavy (non-hydrogen) atoms. The molecule has 0 N–H and O–H groups in total. The molecule has 2 aromatic heterocycles. The second-order valence-corrected chi connectivity index (χ2v) is 16.5. The van der Waals surface area contributed by atoms with E-state index < -0.39 is 0 Å². The zero-order valence-corrected chi connectivity index (χ0v) is 32.6. The molecule has 0 saturated carbocycles. The quantitative estimate of drug-likeness (QED) is 0.156. The SMILES string of the molecule is c1ccc(-c2ccccc2-c2c(-c3ccccc3)cccc2N(c2cccc(-c3cccc4c3sc3ccccc34)c2)c2cccc3c2sc2ccccc23)cc1. The number of nitrogens with zero attached hydrogens (tertiary/aromatic N) is 1. The second-order valence-electron chi connectivity index (χ2n) is 14.4. The van der Waals surface area contributed by atoms with Crippen LogP contribution in [0.3, 0.4) is 0 Å². The van der Waals surface area contributed by atoms with E-state index in [1.54, 1.807) is 0 Å². The molecule has 3 heteroatoms. The van der Waals surface area contributed by atoms with Gasteiger partial charge in [0, 0.05) is 46.9 Å². The number of hydrogen-bond acceptors (Lipinski definition) is 3. The Morgan fingerprint density at radius 2 is 0.772 bits per heavy atom. The van der Waals surface area contributed by atoms with Gasteiger partial charge in [0.05, 0.1) is 16.1 Å². The van der Waals surface area contributed by atoms with Gasteiger partial charge in [-0.2, -0.15) is 0 Å². The van der Waals surface area contributed by atoms with Crippen molar-refractivity contribution < 1.29 is 0 Å². The zero-order valence-electron chi connectivity index (χ0n) is 31.0. The van der Waals surface area contributed by atoms with Gasteiger partial charge in [0.2, 0.25) is 0 Å². The average Bonchev–Trinajstić information content (AvgIpc) is 3.86. The van der Waals surface area contributed by atoms with Crippen molar-refractivity contribution in [3.63, 3.8) is 0 Å². The summed E-state index contributed by atoms with van der Waals surface area (Å²) in [5.74, 6) is 0. The van der Waals surface area contributed by atoms with Crippen LogP contribution in [0.1, 0.15) is 0 Å². The number of thiophene rings is 2. The Kier molecular flexibility index (Phi) is 8.28. The molecule has 0 amide bonds. The van der Waals surface area contributed by atoms with Gasteiger partial charge in [0.15, 0.2) is 0 Å². The summed E-state index contributed by atoms with van der Waals surface area (Å²) in [5.41, 5.74) is 13.0. The van der Waals surface area contributed by atoms with Crippen LogP contribution >= 0.6 is 22.7 Å². The van der Waals surface area contributed by atoms with Crippen molar-refractivity contribution in [3.8, 4) is 44.5 Å². The van der Waals surface area contributed by atoms with Crippen LogP contribution in [0.5, 0.6) is 0 Å². The Balaban J connectivity index is 1.22. The fourth-order valence-corrected chi connectivity index (χ4v) is 11.0. The summed E-state index contributed by atoms with van der Waals surface area (Å²) in [5, 5.41) is 5.18. The van der Waals surface area contributed by atoms with E-state index >= 15 is 0 Å². The normalized spacial score (nSPS) is 11.5. The third kappa shape index (κ3) is 5.74. The summed E-state index contributed by atoms with van der Waals surface area (Å²) < 4.78 is 5.19. The molecule has 268 valence electrons. The number of anilines is 3. The maximum Gasteiger partial charge on any atom is 0.0640 e. The van der Waals surface area contributed by atoms with Gasteiger partial charge < -0.3 is 4.90 Å². The second kappa shape index (κ2) is 14.1. The Hall–Kier alpha value is -6.78. The van der Waals surface area contributed by atoms with E-state index in [1.165, 1.54) is 84.9 Å². The highest BCUT2D eigenvalue weighted by Crippen LogP contribution is 2.51. The van der Waals surface area contributed by atoms with Crippen molar-refractivity contribution in [3.05, 3.63) is 212 Å². The molecule has 0 fully saturated rings. The molecule has 0 atom stereocenters. The molecule has 0 unspecified atom stereocenters. The highest BCUT2D eigenvalue weighted by atomic mass is 32.1. The van der Waals surface area contributed by atoms with Crippen molar-refractivity contribution >= 4 is 80.1 Å². The van der Waals surface area contributed by atoms with Crippen molar-refractivity contribution in [1.29, 1.82) is 0 Å². The largest absolute Gasteiger partial charge is 0.308 e. The van der Waals surface area contributed by atoms with Gasteiger partial charge in [-0.15, -0.1) is 22.7 Å². The van der Waals surface area contributed by atoms with Gasteiger partial charge >= 0.3 is 0 Å². The van der Waals surface area contributed by atoms with E-state index in [0.29, 0.717) is 0 Å². The Labute approximate surface area is 340 Å². The summed E-state index contributed by atoms with van der Waals surface area (Å²) in [6.07, 6.45) is 0. The number of fused-ring (bicyclic) bond motifs is 6. The topological polar surface area (TPSA) is 3.24 Å².